The Bertz CT molecular complexity index is 650. The molecule has 0 bridgehead atoms. The molecule has 116 valence electrons. The molecule has 0 saturated carbocycles. The van der Waals surface area contributed by atoms with Gasteiger partial charge in [0.25, 0.3) is 5.91 Å². The molecule has 0 aliphatic carbocycles. The van der Waals surface area contributed by atoms with Crippen LogP contribution in [0.5, 0.6) is 0 Å². The van der Waals surface area contributed by atoms with Crippen LogP contribution in [-0.2, 0) is 11.2 Å². The highest BCUT2D eigenvalue weighted by atomic mass is 19.1. The summed E-state index contributed by atoms with van der Waals surface area (Å²) in [6.07, 6.45) is 2.10. The largest absolute Gasteiger partial charge is 0.459 e. The van der Waals surface area contributed by atoms with E-state index in [-0.39, 0.29) is 17.8 Å². The molecule has 2 aromatic rings. The zero-order valence-electron chi connectivity index (χ0n) is 12.4. The number of carbonyl (C=O) groups excluding carboxylic acids is 1. The van der Waals surface area contributed by atoms with E-state index in [0.717, 1.165) is 11.1 Å². The smallest absolute Gasteiger partial charge is 0.289 e. The number of hydrogen-bond acceptors (Lipinski definition) is 3. The Kier molecular flexibility index (Phi) is 4.24. The zero-order chi connectivity index (χ0) is 15.5. The van der Waals surface area contributed by atoms with E-state index in [1.165, 1.54) is 18.4 Å². The molecule has 1 atom stereocenters. The van der Waals surface area contributed by atoms with Crippen molar-refractivity contribution in [3.05, 3.63) is 59.3 Å². The van der Waals surface area contributed by atoms with Crippen molar-refractivity contribution in [1.82, 2.24) is 4.90 Å². The third kappa shape index (κ3) is 3.20. The van der Waals surface area contributed by atoms with Crippen LogP contribution >= 0.6 is 0 Å². The summed E-state index contributed by atoms with van der Waals surface area (Å²) >= 11 is 0. The molecule has 0 spiro atoms. The van der Waals surface area contributed by atoms with Crippen LogP contribution in [0.4, 0.5) is 4.39 Å². The normalized spacial score (nSPS) is 18.5. The van der Waals surface area contributed by atoms with Gasteiger partial charge in [0.2, 0.25) is 0 Å². The zero-order valence-corrected chi connectivity index (χ0v) is 12.4. The van der Waals surface area contributed by atoms with Crippen molar-refractivity contribution >= 4 is 5.91 Å². The quantitative estimate of drug-likeness (QED) is 0.875. The van der Waals surface area contributed by atoms with Gasteiger partial charge in [0, 0.05) is 25.1 Å². The van der Waals surface area contributed by atoms with Crippen molar-refractivity contribution in [2.45, 2.75) is 19.4 Å². The van der Waals surface area contributed by atoms with E-state index in [4.69, 9.17) is 9.15 Å². The van der Waals surface area contributed by atoms with E-state index in [9.17, 15) is 9.18 Å². The molecule has 1 aliphatic heterocycles. The molecule has 0 unspecified atom stereocenters. The number of carbonyl (C=O) groups is 1. The highest BCUT2D eigenvalue weighted by molar-refractivity contribution is 5.92. The number of rotatable bonds is 3. The second kappa shape index (κ2) is 6.32. The van der Waals surface area contributed by atoms with Gasteiger partial charge in [-0.15, -0.1) is 0 Å². The Morgan fingerprint density at radius 1 is 1.32 bits per heavy atom. The number of furan rings is 1. The molecule has 2 heterocycles. The van der Waals surface area contributed by atoms with E-state index >= 15 is 0 Å². The fraction of sp³-hybridized carbons (Fsp3) is 0.353. The standard InChI is InChI=1S/C17H18FNO3/c1-12-6-8-22-16(12)17(20)19-7-9-21-15(11-19)10-13-2-4-14(18)5-3-13/h2-6,8,15H,7,9-11H2,1H3/t15-/m0/s1. The summed E-state index contributed by atoms with van der Waals surface area (Å²) in [7, 11) is 0. The molecule has 4 nitrogen and oxygen atoms in total. The lowest BCUT2D eigenvalue weighted by Gasteiger charge is -2.32. The van der Waals surface area contributed by atoms with E-state index < -0.39 is 0 Å². The second-order valence-electron chi connectivity index (χ2n) is 5.51. The maximum Gasteiger partial charge on any atom is 0.289 e. The number of hydrogen-bond donors (Lipinski definition) is 0. The fourth-order valence-electron chi connectivity index (χ4n) is 2.65. The van der Waals surface area contributed by atoms with Gasteiger partial charge in [-0.3, -0.25) is 4.79 Å². The van der Waals surface area contributed by atoms with E-state index in [1.807, 2.05) is 6.92 Å². The van der Waals surface area contributed by atoms with Gasteiger partial charge in [0.05, 0.1) is 19.0 Å². The Hall–Kier alpha value is -2.14. The summed E-state index contributed by atoms with van der Waals surface area (Å²) in [5, 5.41) is 0. The van der Waals surface area contributed by atoms with Crippen molar-refractivity contribution in [3.8, 4) is 0 Å². The van der Waals surface area contributed by atoms with Gasteiger partial charge >= 0.3 is 0 Å². The molecule has 3 rings (SSSR count). The molecule has 0 N–H and O–H groups in total. The summed E-state index contributed by atoms with van der Waals surface area (Å²) in [6, 6.07) is 8.15. The molecular formula is C17H18FNO3. The number of nitrogens with zero attached hydrogens (tertiary/aromatic N) is 1. The minimum Gasteiger partial charge on any atom is -0.459 e. The van der Waals surface area contributed by atoms with Crippen LogP contribution in [-0.4, -0.2) is 36.6 Å². The number of amides is 1. The van der Waals surface area contributed by atoms with Gasteiger partial charge in [-0.05, 0) is 30.7 Å². The van der Waals surface area contributed by atoms with Crippen molar-refractivity contribution in [2.24, 2.45) is 0 Å². The van der Waals surface area contributed by atoms with Crippen LogP contribution in [0.2, 0.25) is 0 Å². The molecule has 0 radical (unpaired) electrons. The lowest BCUT2D eigenvalue weighted by Crippen LogP contribution is -2.46. The van der Waals surface area contributed by atoms with Crippen molar-refractivity contribution < 1.29 is 18.3 Å². The number of morpholine rings is 1. The summed E-state index contributed by atoms with van der Waals surface area (Å²) in [4.78, 5) is 14.2. The Morgan fingerprint density at radius 2 is 2.09 bits per heavy atom. The molecule has 1 aromatic carbocycles. The van der Waals surface area contributed by atoms with Gasteiger partial charge in [-0.1, -0.05) is 12.1 Å². The monoisotopic (exact) mass is 303 g/mol. The van der Waals surface area contributed by atoms with Crippen LogP contribution in [0.3, 0.4) is 0 Å². The molecular weight excluding hydrogens is 285 g/mol. The summed E-state index contributed by atoms with van der Waals surface area (Å²) in [5.74, 6) is 0.0377. The Morgan fingerprint density at radius 3 is 2.77 bits per heavy atom. The van der Waals surface area contributed by atoms with Crippen LogP contribution < -0.4 is 0 Å². The molecule has 5 heteroatoms. The third-order valence-corrected chi connectivity index (χ3v) is 3.86. The van der Waals surface area contributed by atoms with Crippen molar-refractivity contribution in [1.29, 1.82) is 0 Å². The fourth-order valence-corrected chi connectivity index (χ4v) is 2.65. The molecule has 1 amide bonds. The number of aryl methyl sites for hydroxylation is 1. The first-order chi connectivity index (χ1) is 10.6. The van der Waals surface area contributed by atoms with E-state index in [1.54, 1.807) is 23.1 Å². The van der Waals surface area contributed by atoms with Crippen LogP contribution in [0.25, 0.3) is 0 Å². The predicted molar refractivity (Wildman–Crippen MR) is 79.2 cm³/mol. The third-order valence-electron chi connectivity index (χ3n) is 3.86. The van der Waals surface area contributed by atoms with Gasteiger partial charge in [-0.2, -0.15) is 0 Å². The first-order valence-electron chi connectivity index (χ1n) is 7.33. The average molecular weight is 303 g/mol. The second-order valence-corrected chi connectivity index (χ2v) is 5.51. The molecule has 1 saturated heterocycles. The van der Waals surface area contributed by atoms with Crippen LogP contribution in [0.1, 0.15) is 21.7 Å². The van der Waals surface area contributed by atoms with Gasteiger partial charge in [0.1, 0.15) is 5.82 Å². The molecule has 22 heavy (non-hydrogen) atoms. The highest BCUT2D eigenvalue weighted by Crippen LogP contribution is 2.17. The van der Waals surface area contributed by atoms with Crippen molar-refractivity contribution in [2.75, 3.05) is 19.7 Å². The number of halogens is 1. The Balaban J connectivity index is 1.65. The summed E-state index contributed by atoms with van der Waals surface area (Å²) in [5.41, 5.74) is 1.83. The Labute approximate surface area is 128 Å². The van der Waals surface area contributed by atoms with E-state index in [0.29, 0.717) is 31.9 Å². The lowest BCUT2D eigenvalue weighted by atomic mass is 10.1. The van der Waals surface area contributed by atoms with Crippen LogP contribution in [0, 0.1) is 12.7 Å². The summed E-state index contributed by atoms with van der Waals surface area (Å²) < 4.78 is 23.9. The first kappa shape index (κ1) is 14.8. The van der Waals surface area contributed by atoms with Gasteiger partial charge in [-0.25, -0.2) is 4.39 Å². The molecule has 1 fully saturated rings. The molecule has 1 aliphatic rings. The maximum absolute atomic E-state index is 12.9. The minimum absolute atomic E-state index is 0.0848. The summed E-state index contributed by atoms with van der Waals surface area (Å²) in [6.45, 7) is 3.42. The molecule has 1 aromatic heterocycles. The topological polar surface area (TPSA) is 42.7 Å². The van der Waals surface area contributed by atoms with Crippen molar-refractivity contribution in [3.63, 3.8) is 0 Å². The predicted octanol–water partition coefficient (Wildman–Crippen LogP) is 2.81. The van der Waals surface area contributed by atoms with Crippen LogP contribution in [0.15, 0.2) is 41.0 Å². The lowest BCUT2D eigenvalue weighted by molar-refractivity contribution is -0.0218. The first-order valence-corrected chi connectivity index (χ1v) is 7.33. The average Bonchev–Trinajstić information content (AvgIpc) is 2.95. The van der Waals surface area contributed by atoms with E-state index in [2.05, 4.69) is 0 Å². The van der Waals surface area contributed by atoms with Gasteiger partial charge < -0.3 is 14.1 Å². The SMILES string of the molecule is Cc1ccoc1C(=O)N1CCO[C@@H](Cc2ccc(F)cc2)C1. The maximum atomic E-state index is 12.9. The number of benzene rings is 1. The van der Waals surface area contributed by atoms with Gasteiger partial charge in [0.15, 0.2) is 5.76 Å². The highest BCUT2D eigenvalue weighted by Gasteiger charge is 2.27. The minimum atomic E-state index is -0.251. The number of ether oxygens (including phenoxy) is 1.